The second kappa shape index (κ2) is 9.01. The van der Waals surface area contributed by atoms with Crippen molar-refractivity contribution < 1.29 is 13.2 Å². The number of hydrogen-bond acceptors (Lipinski definition) is 5. The molecule has 0 bridgehead atoms. The molecule has 0 spiro atoms. The molecule has 0 atom stereocenters. The normalized spacial score (nSPS) is 16.4. The molecular formula is C19H24ClN3O3S. The molecule has 1 fully saturated rings. The molecule has 2 heterocycles. The summed E-state index contributed by atoms with van der Waals surface area (Å²) in [7, 11) is -2.22. The number of methoxy groups -OCH3 is 1. The van der Waals surface area contributed by atoms with E-state index in [-0.39, 0.29) is 4.90 Å². The van der Waals surface area contributed by atoms with Crippen LogP contribution in [0.2, 0.25) is 5.02 Å². The number of nitrogens with zero attached hydrogens (tertiary/aromatic N) is 2. The lowest BCUT2D eigenvalue weighted by atomic mass is 9.97. The number of aromatic nitrogens is 1. The fourth-order valence-corrected chi connectivity index (χ4v) is 4.81. The smallest absolute Gasteiger partial charge is 0.244 e. The van der Waals surface area contributed by atoms with Crippen LogP contribution in [0.4, 0.5) is 0 Å². The van der Waals surface area contributed by atoms with Crippen LogP contribution in [0.5, 0.6) is 5.75 Å². The number of halogens is 1. The molecule has 0 radical (unpaired) electrons. The Morgan fingerprint density at radius 3 is 2.59 bits per heavy atom. The van der Waals surface area contributed by atoms with Crippen LogP contribution in [0.3, 0.4) is 0 Å². The highest BCUT2D eigenvalue weighted by Crippen LogP contribution is 2.27. The average molecular weight is 410 g/mol. The van der Waals surface area contributed by atoms with Crippen molar-refractivity contribution in [3.8, 4) is 5.75 Å². The van der Waals surface area contributed by atoms with Crippen LogP contribution in [0.1, 0.15) is 18.4 Å². The zero-order valence-corrected chi connectivity index (χ0v) is 16.8. The Balaban J connectivity index is 1.53. The highest BCUT2D eigenvalue weighted by atomic mass is 35.5. The minimum absolute atomic E-state index is 0.0765. The Labute approximate surface area is 165 Å². The maximum Gasteiger partial charge on any atom is 0.244 e. The Hall–Kier alpha value is -1.67. The summed E-state index contributed by atoms with van der Waals surface area (Å²) >= 11 is 5.95. The molecule has 2 aromatic rings. The summed E-state index contributed by atoms with van der Waals surface area (Å²) in [4.78, 5) is 6.51. The number of pyridine rings is 1. The molecular weight excluding hydrogens is 386 g/mol. The molecule has 1 aliphatic rings. The van der Waals surface area contributed by atoms with Gasteiger partial charge in [0, 0.05) is 30.5 Å². The van der Waals surface area contributed by atoms with Gasteiger partial charge in [-0.1, -0.05) is 11.6 Å². The number of nitrogens with one attached hydrogen (secondary N) is 1. The zero-order chi connectivity index (χ0) is 19.3. The fourth-order valence-electron chi connectivity index (χ4n) is 3.26. The second-order valence-electron chi connectivity index (χ2n) is 6.72. The van der Waals surface area contributed by atoms with Gasteiger partial charge < -0.3 is 4.74 Å². The van der Waals surface area contributed by atoms with Crippen LogP contribution in [0.15, 0.2) is 47.6 Å². The predicted octanol–water partition coefficient (Wildman–Crippen LogP) is 2.93. The molecule has 0 amide bonds. The molecule has 3 rings (SSSR count). The summed E-state index contributed by atoms with van der Waals surface area (Å²) in [6, 6.07) is 8.64. The van der Waals surface area contributed by atoms with Gasteiger partial charge in [0.15, 0.2) is 0 Å². The molecule has 27 heavy (non-hydrogen) atoms. The van der Waals surface area contributed by atoms with Crippen LogP contribution in [0, 0.1) is 5.92 Å². The zero-order valence-electron chi connectivity index (χ0n) is 15.3. The Bertz CT molecular complexity index is 854. The van der Waals surface area contributed by atoms with Crippen molar-refractivity contribution in [2.24, 2.45) is 5.92 Å². The lowest BCUT2D eigenvalue weighted by molar-refractivity contribution is 0.178. The van der Waals surface area contributed by atoms with Gasteiger partial charge in [-0.25, -0.2) is 13.1 Å². The summed E-state index contributed by atoms with van der Waals surface area (Å²) in [5, 5.41) is 0.362. The van der Waals surface area contributed by atoms with Crippen LogP contribution in [-0.4, -0.2) is 45.0 Å². The van der Waals surface area contributed by atoms with E-state index < -0.39 is 10.0 Å². The van der Waals surface area contributed by atoms with Gasteiger partial charge in [-0.3, -0.25) is 9.88 Å². The first-order chi connectivity index (χ1) is 13.0. The summed E-state index contributed by atoms with van der Waals surface area (Å²) in [5.74, 6) is 0.609. The van der Waals surface area contributed by atoms with Gasteiger partial charge in [-0.05, 0) is 67.7 Å². The van der Waals surface area contributed by atoms with E-state index in [4.69, 9.17) is 16.3 Å². The first kappa shape index (κ1) is 20.1. The standard InChI is InChI=1S/C19H24ClN3O3S/c1-26-18-3-2-17(20)12-19(18)27(24,25)22-13-15-6-10-23(11-7-15)14-16-4-8-21-9-5-16/h2-5,8-9,12,15,22H,6-7,10-11,13-14H2,1H3. The van der Waals surface area contributed by atoms with Crippen molar-refractivity contribution in [2.75, 3.05) is 26.7 Å². The molecule has 1 aromatic carbocycles. The van der Waals surface area contributed by atoms with E-state index in [0.717, 1.165) is 32.5 Å². The van der Waals surface area contributed by atoms with Gasteiger partial charge in [-0.2, -0.15) is 0 Å². The SMILES string of the molecule is COc1ccc(Cl)cc1S(=O)(=O)NCC1CCN(Cc2ccncc2)CC1. The van der Waals surface area contributed by atoms with Crippen molar-refractivity contribution in [1.82, 2.24) is 14.6 Å². The predicted molar refractivity (Wildman–Crippen MR) is 105 cm³/mol. The number of piperidine rings is 1. The number of sulfonamides is 1. The minimum atomic E-state index is -3.67. The van der Waals surface area contributed by atoms with Crippen LogP contribution in [-0.2, 0) is 16.6 Å². The first-order valence-electron chi connectivity index (χ1n) is 8.92. The summed E-state index contributed by atoms with van der Waals surface area (Å²) < 4.78 is 33.2. The Kier molecular flexibility index (Phi) is 6.70. The number of hydrogen-bond donors (Lipinski definition) is 1. The first-order valence-corrected chi connectivity index (χ1v) is 10.8. The number of benzene rings is 1. The second-order valence-corrected chi connectivity index (χ2v) is 8.89. The average Bonchev–Trinajstić information content (AvgIpc) is 2.68. The summed E-state index contributed by atoms with van der Waals surface area (Å²) in [5.41, 5.74) is 1.25. The third kappa shape index (κ3) is 5.42. The van der Waals surface area contributed by atoms with Crippen molar-refractivity contribution in [1.29, 1.82) is 0 Å². The monoisotopic (exact) mass is 409 g/mol. The highest BCUT2D eigenvalue weighted by molar-refractivity contribution is 7.89. The minimum Gasteiger partial charge on any atom is -0.495 e. The molecule has 1 saturated heterocycles. The maximum atomic E-state index is 12.6. The maximum absolute atomic E-state index is 12.6. The molecule has 0 saturated carbocycles. The van der Waals surface area contributed by atoms with E-state index in [9.17, 15) is 8.42 Å². The van der Waals surface area contributed by atoms with E-state index >= 15 is 0 Å². The van der Waals surface area contributed by atoms with E-state index in [1.54, 1.807) is 24.5 Å². The van der Waals surface area contributed by atoms with Crippen LogP contribution < -0.4 is 9.46 Å². The van der Waals surface area contributed by atoms with Gasteiger partial charge in [0.05, 0.1) is 7.11 Å². The van der Waals surface area contributed by atoms with Gasteiger partial charge in [0.2, 0.25) is 10.0 Å². The largest absolute Gasteiger partial charge is 0.495 e. The van der Waals surface area contributed by atoms with Crippen LogP contribution >= 0.6 is 11.6 Å². The number of ether oxygens (including phenoxy) is 1. The Morgan fingerprint density at radius 2 is 1.93 bits per heavy atom. The van der Waals surface area contributed by atoms with E-state index in [1.807, 2.05) is 12.1 Å². The lowest BCUT2D eigenvalue weighted by Gasteiger charge is -2.32. The quantitative estimate of drug-likeness (QED) is 0.761. The van der Waals surface area contributed by atoms with Gasteiger partial charge in [0.1, 0.15) is 10.6 Å². The molecule has 1 aliphatic heterocycles. The third-order valence-corrected chi connectivity index (χ3v) is 6.52. The molecule has 0 aliphatic carbocycles. The summed E-state index contributed by atoms with van der Waals surface area (Å²) in [6.07, 6.45) is 5.53. The van der Waals surface area contributed by atoms with Crippen molar-refractivity contribution in [2.45, 2.75) is 24.3 Å². The molecule has 146 valence electrons. The van der Waals surface area contributed by atoms with Crippen LogP contribution in [0.25, 0.3) is 0 Å². The number of rotatable bonds is 7. The van der Waals surface area contributed by atoms with E-state index in [2.05, 4.69) is 14.6 Å². The van der Waals surface area contributed by atoms with E-state index in [0.29, 0.717) is 23.2 Å². The molecule has 6 nitrogen and oxygen atoms in total. The topological polar surface area (TPSA) is 71.5 Å². The highest BCUT2D eigenvalue weighted by Gasteiger charge is 2.24. The Morgan fingerprint density at radius 1 is 1.22 bits per heavy atom. The van der Waals surface area contributed by atoms with E-state index in [1.165, 1.54) is 18.7 Å². The molecule has 1 aromatic heterocycles. The third-order valence-electron chi connectivity index (χ3n) is 4.84. The fraction of sp³-hybridized carbons (Fsp3) is 0.421. The molecule has 0 unspecified atom stereocenters. The van der Waals surface area contributed by atoms with Gasteiger partial charge >= 0.3 is 0 Å². The lowest BCUT2D eigenvalue weighted by Crippen LogP contribution is -2.38. The molecule has 8 heteroatoms. The summed E-state index contributed by atoms with van der Waals surface area (Å²) in [6.45, 7) is 3.23. The van der Waals surface area contributed by atoms with Gasteiger partial charge in [-0.15, -0.1) is 0 Å². The van der Waals surface area contributed by atoms with Crippen molar-refractivity contribution >= 4 is 21.6 Å². The molecule has 1 N–H and O–H groups in total. The van der Waals surface area contributed by atoms with Gasteiger partial charge in [0.25, 0.3) is 0 Å². The number of likely N-dealkylation sites (tertiary alicyclic amines) is 1. The van der Waals surface area contributed by atoms with Crippen molar-refractivity contribution in [3.05, 3.63) is 53.3 Å². The van der Waals surface area contributed by atoms with Crippen molar-refractivity contribution in [3.63, 3.8) is 0 Å².